The van der Waals surface area contributed by atoms with Gasteiger partial charge in [-0.2, -0.15) is 0 Å². The second kappa shape index (κ2) is 7.19. The number of allylic oxidation sites excluding steroid dienone is 5. The maximum absolute atomic E-state index is 6.06. The molecule has 0 atom stereocenters. The second-order valence-corrected chi connectivity index (χ2v) is 9.51. The Morgan fingerprint density at radius 3 is 2.45 bits per heavy atom. The summed E-state index contributed by atoms with van der Waals surface area (Å²) in [6.45, 7) is 7.02. The van der Waals surface area contributed by atoms with Gasteiger partial charge >= 0.3 is 0 Å². The largest absolute Gasteiger partial charge is 0.475 e. The van der Waals surface area contributed by atoms with Crippen LogP contribution in [0.15, 0.2) is 76.8 Å². The van der Waals surface area contributed by atoms with Crippen molar-refractivity contribution in [2.75, 3.05) is 20.7 Å². The lowest BCUT2D eigenvalue weighted by atomic mass is 9.76. The lowest BCUT2D eigenvalue weighted by Gasteiger charge is -2.27. The summed E-state index contributed by atoms with van der Waals surface area (Å²) in [5.74, 6) is 0.749. The van der Waals surface area contributed by atoms with E-state index < -0.39 is 0 Å². The molecule has 2 aromatic rings. The smallest absolute Gasteiger partial charge is 0.217 e. The average molecular weight is 410 g/mol. The zero-order valence-electron chi connectivity index (χ0n) is 19.0. The Kier molecular flexibility index (Phi) is 4.58. The third kappa shape index (κ3) is 3.48. The molecule has 5 rings (SSSR count). The quantitative estimate of drug-likeness (QED) is 0.632. The van der Waals surface area contributed by atoms with Crippen molar-refractivity contribution in [1.82, 2.24) is 0 Å². The van der Waals surface area contributed by atoms with E-state index in [2.05, 4.69) is 100 Å². The van der Waals surface area contributed by atoms with Crippen LogP contribution in [0.2, 0.25) is 0 Å². The summed E-state index contributed by atoms with van der Waals surface area (Å²) in [5.41, 5.74) is 11.2. The minimum atomic E-state index is -0.187. The van der Waals surface area contributed by atoms with Gasteiger partial charge in [-0.05, 0) is 72.7 Å². The van der Waals surface area contributed by atoms with E-state index in [1.165, 1.54) is 44.7 Å². The molecule has 1 aliphatic heterocycles. The maximum Gasteiger partial charge on any atom is 0.217 e. The summed E-state index contributed by atoms with van der Waals surface area (Å²) >= 11 is 0. The molecule has 0 aromatic heterocycles. The van der Waals surface area contributed by atoms with Crippen molar-refractivity contribution >= 4 is 17.2 Å². The lowest BCUT2D eigenvalue weighted by Crippen LogP contribution is -2.17. The molecule has 0 saturated heterocycles. The normalized spacial score (nSPS) is 18.8. The van der Waals surface area contributed by atoms with Gasteiger partial charge in [-0.25, -0.2) is 9.57 Å². The molecule has 0 unspecified atom stereocenters. The van der Waals surface area contributed by atoms with E-state index in [4.69, 9.17) is 9.73 Å². The van der Waals surface area contributed by atoms with Gasteiger partial charge in [-0.1, -0.05) is 42.0 Å². The zero-order valence-corrected chi connectivity index (χ0v) is 19.0. The first-order valence-electron chi connectivity index (χ1n) is 10.9. The number of aryl methyl sites for hydroxylation is 1. The molecule has 2 aliphatic carbocycles. The molecule has 0 bridgehead atoms. The molecular weight excluding hydrogens is 380 g/mol. The highest BCUT2D eigenvalue weighted by Gasteiger charge is 2.31. The highest BCUT2D eigenvalue weighted by atomic mass is 16.5. The minimum absolute atomic E-state index is 0.187. The fourth-order valence-corrected chi connectivity index (χ4v) is 4.61. The predicted octanol–water partition coefficient (Wildman–Crippen LogP) is 5.12. The van der Waals surface area contributed by atoms with E-state index >= 15 is 0 Å². The summed E-state index contributed by atoms with van der Waals surface area (Å²) in [6, 6.07) is 15.4. The molecule has 3 aliphatic rings. The monoisotopic (exact) mass is 409 g/mol. The third-order valence-electron chi connectivity index (χ3n) is 6.18. The number of fused-ring (bicyclic) bond motifs is 2. The molecule has 0 spiro atoms. The standard InChI is InChI=1S/C28H29N2O/c1-18-10-12-22-19(14-18)15-20-16-21(30(4)5)11-13-23(20)26(22)24-8-6-7-9-25(24)27-29-28(2,3)17-31-27/h6-14,16H,15,17H2,1-5H3/q+1. The van der Waals surface area contributed by atoms with Gasteiger partial charge in [0.15, 0.2) is 5.71 Å². The summed E-state index contributed by atoms with van der Waals surface area (Å²) in [5, 5.41) is 0. The van der Waals surface area contributed by atoms with Crippen molar-refractivity contribution in [2.45, 2.75) is 32.7 Å². The van der Waals surface area contributed by atoms with Gasteiger partial charge < -0.3 is 4.74 Å². The minimum Gasteiger partial charge on any atom is -0.475 e. The van der Waals surface area contributed by atoms with Crippen molar-refractivity contribution in [3.63, 3.8) is 0 Å². The highest BCUT2D eigenvalue weighted by molar-refractivity contribution is 6.08. The van der Waals surface area contributed by atoms with Gasteiger partial charge in [0, 0.05) is 17.7 Å². The van der Waals surface area contributed by atoms with Crippen LogP contribution in [0.1, 0.15) is 41.7 Å². The Balaban J connectivity index is 1.78. The van der Waals surface area contributed by atoms with Gasteiger partial charge in [0.1, 0.15) is 20.7 Å². The number of aliphatic imine (C=N–C) groups is 1. The fraction of sp³-hybridized carbons (Fsp3) is 0.286. The van der Waals surface area contributed by atoms with E-state index in [9.17, 15) is 0 Å². The first-order chi connectivity index (χ1) is 14.8. The molecule has 0 fully saturated rings. The van der Waals surface area contributed by atoms with Gasteiger partial charge in [0.2, 0.25) is 5.90 Å². The Hall–Kier alpha value is -3.20. The Labute approximate surface area is 184 Å². The van der Waals surface area contributed by atoms with E-state index in [0.717, 1.165) is 17.9 Å². The van der Waals surface area contributed by atoms with Crippen molar-refractivity contribution < 1.29 is 9.31 Å². The Morgan fingerprint density at radius 1 is 0.968 bits per heavy atom. The summed E-state index contributed by atoms with van der Waals surface area (Å²) in [4.78, 5) is 4.88. The molecule has 0 saturated carbocycles. The highest BCUT2D eigenvalue weighted by Crippen LogP contribution is 2.42. The molecule has 3 heteroatoms. The van der Waals surface area contributed by atoms with Crippen LogP contribution in [-0.2, 0) is 11.2 Å². The third-order valence-corrected chi connectivity index (χ3v) is 6.18. The SMILES string of the molecule is Cc1ccc2c(c1)CC1=CC(=[N+](C)C)C=CC1=C2c1ccccc1C1=NC(C)(C)CO1. The molecule has 0 N–H and O–H groups in total. The number of rotatable bonds is 2. The number of hydrogen-bond donors (Lipinski definition) is 0. The van der Waals surface area contributed by atoms with Crippen LogP contribution in [0.4, 0.5) is 0 Å². The van der Waals surface area contributed by atoms with Gasteiger partial charge in [0.25, 0.3) is 0 Å². The summed E-state index contributed by atoms with van der Waals surface area (Å²) in [6.07, 6.45) is 7.77. The predicted molar refractivity (Wildman–Crippen MR) is 128 cm³/mol. The van der Waals surface area contributed by atoms with Crippen LogP contribution in [0.3, 0.4) is 0 Å². The van der Waals surface area contributed by atoms with E-state index in [1.807, 2.05) is 0 Å². The van der Waals surface area contributed by atoms with E-state index in [0.29, 0.717) is 6.61 Å². The van der Waals surface area contributed by atoms with Gasteiger partial charge in [0.05, 0.1) is 5.54 Å². The zero-order chi connectivity index (χ0) is 21.8. The number of hydrogen-bond acceptors (Lipinski definition) is 2. The first kappa shape index (κ1) is 19.7. The molecule has 0 amide bonds. The van der Waals surface area contributed by atoms with E-state index in [-0.39, 0.29) is 5.54 Å². The first-order valence-corrected chi connectivity index (χ1v) is 10.9. The van der Waals surface area contributed by atoms with Crippen LogP contribution in [-0.4, -0.2) is 42.4 Å². The maximum atomic E-state index is 6.06. The number of benzene rings is 2. The number of nitrogens with zero attached hydrogens (tertiary/aromatic N) is 2. The van der Waals surface area contributed by atoms with Crippen LogP contribution in [0.25, 0.3) is 5.57 Å². The Bertz CT molecular complexity index is 1250. The molecule has 156 valence electrons. The van der Waals surface area contributed by atoms with Crippen LogP contribution in [0, 0.1) is 6.92 Å². The van der Waals surface area contributed by atoms with Crippen LogP contribution < -0.4 is 0 Å². The molecular formula is C28H29N2O+. The van der Waals surface area contributed by atoms with Crippen molar-refractivity contribution in [3.8, 4) is 0 Å². The molecule has 0 radical (unpaired) electrons. The van der Waals surface area contributed by atoms with Gasteiger partial charge in [-0.3, -0.25) is 0 Å². The summed E-state index contributed by atoms with van der Waals surface area (Å²) < 4.78 is 8.23. The summed E-state index contributed by atoms with van der Waals surface area (Å²) in [7, 11) is 4.19. The van der Waals surface area contributed by atoms with Crippen LogP contribution >= 0.6 is 0 Å². The molecule has 31 heavy (non-hydrogen) atoms. The topological polar surface area (TPSA) is 24.6 Å². The van der Waals surface area contributed by atoms with E-state index in [1.54, 1.807) is 0 Å². The van der Waals surface area contributed by atoms with Crippen molar-refractivity contribution in [3.05, 3.63) is 99.7 Å². The molecule has 1 heterocycles. The van der Waals surface area contributed by atoms with Crippen molar-refractivity contribution in [2.24, 2.45) is 4.99 Å². The average Bonchev–Trinajstić information content (AvgIpc) is 3.11. The van der Waals surface area contributed by atoms with Crippen LogP contribution in [0.5, 0.6) is 0 Å². The fourth-order valence-electron chi connectivity index (χ4n) is 4.61. The van der Waals surface area contributed by atoms with Gasteiger partial charge in [-0.15, -0.1) is 0 Å². The second-order valence-electron chi connectivity index (χ2n) is 9.51. The molecule has 2 aromatic carbocycles. The Morgan fingerprint density at radius 2 is 1.74 bits per heavy atom. The lowest BCUT2D eigenvalue weighted by molar-refractivity contribution is -0.462. The molecule has 3 nitrogen and oxygen atoms in total. The van der Waals surface area contributed by atoms with Crippen molar-refractivity contribution in [1.29, 1.82) is 0 Å². The number of ether oxygens (including phenoxy) is 1.